The second-order valence-electron chi connectivity index (χ2n) is 6.53. The van der Waals surface area contributed by atoms with E-state index in [4.69, 9.17) is 4.74 Å². The van der Waals surface area contributed by atoms with Gasteiger partial charge in [0, 0.05) is 31.1 Å². The van der Waals surface area contributed by atoms with Crippen LogP contribution in [0.25, 0.3) is 0 Å². The molecule has 2 heterocycles. The van der Waals surface area contributed by atoms with Crippen molar-refractivity contribution in [2.75, 3.05) is 18.0 Å². The van der Waals surface area contributed by atoms with Crippen LogP contribution in [-0.4, -0.2) is 31.0 Å². The quantitative estimate of drug-likeness (QED) is 0.936. The number of para-hydroxylation sites is 1. The van der Waals surface area contributed by atoms with Gasteiger partial charge in [0.15, 0.2) is 0 Å². The molecule has 4 rings (SSSR count). The molecule has 5 nitrogen and oxygen atoms in total. The first-order valence-electron chi connectivity index (χ1n) is 8.55. The molecule has 1 atom stereocenters. The van der Waals surface area contributed by atoms with Gasteiger partial charge >= 0.3 is 0 Å². The van der Waals surface area contributed by atoms with Crippen LogP contribution in [0.15, 0.2) is 42.5 Å². The summed E-state index contributed by atoms with van der Waals surface area (Å²) in [5, 5.41) is 2.96. The summed E-state index contributed by atoms with van der Waals surface area (Å²) in [6.45, 7) is 2.73. The van der Waals surface area contributed by atoms with Crippen LogP contribution in [0.1, 0.15) is 28.4 Å². The minimum atomic E-state index is -0.108. The van der Waals surface area contributed by atoms with Gasteiger partial charge in [-0.1, -0.05) is 18.2 Å². The van der Waals surface area contributed by atoms with Crippen molar-refractivity contribution in [2.45, 2.75) is 25.9 Å². The van der Waals surface area contributed by atoms with E-state index in [9.17, 15) is 9.59 Å². The van der Waals surface area contributed by atoms with Gasteiger partial charge in [0.2, 0.25) is 5.91 Å². The molecule has 0 saturated heterocycles. The van der Waals surface area contributed by atoms with Gasteiger partial charge in [-0.3, -0.25) is 9.59 Å². The Hall–Kier alpha value is -2.82. The molecule has 2 aliphatic heterocycles. The van der Waals surface area contributed by atoms with Crippen molar-refractivity contribution in [3.8, 4) is 5.75 Å². The van der Waals surface area contributed by atoms with Crippen LogP contribution in [0.4, 0.5) is 5.69 Å². The molecule has 0 aliphatic carbocycles. The average molecular weight is 336 g/mol. The van der Waals surface area contributed by atoms with Crippen LogP contribution in [0, 0.1) is 0 Å². The zero-order chi connectivity index (χ0) is 17.4. The van der Waals surface area contributed by atoms with Crippen molar-refractivity contribution in [1.82, 2.24) is 5.32 Å². The summed E-state index contributed by atoms with van der Waals surface area (Å²) in [4.78, 5) is 25.8. The molecule has 2 aliphatic rings. The number of nitrogens with one attached hydrogen (secondary N) is 1. The topological polar surface area (TPSA) is 58.6 Å². The normalized spacial score (nSPS) is 17.6. The maximum Gasteiger partial charge on any atom is 0.251 e. The third kappa shape index (κ3) is 2.97. The summed E-state index contributed by atoms with van der Waals surface area (Å²) in [7, 11) is 0. The van der Waals surface area contributed by atoms with E-state index in [1.165, 1.54) is 5.56 Å². The zero-order valence-corrected chi connectivity index (χ0v) is 14.1. The van der Waals surface area contributed by atoms with E-state index >= 15 is 0 Å². The number of carbonyl (C=O) groups is 2. The number of carbonyl (C=O) groups excluding carboxylic acids is 2. The fourth-order valence-electron chi connectivity index (χ4n) is 3.55. The number of fused-ring (bicyclic) bond motifs is 2. The molecule has 0 aromatic heterocycles. The number of hydrogen-bond donors (Lipinski definition) is 1. The first-order valence-corrected chi connectivity index (χ1v) is 8.55. The third-order valence-electron chi connectivity index (χ3n) is 4.82. The summed E-state index contributed by atoms with van der Waals surface area (Å²) in [6, 6.07) is 13.5. The fourth-order valence-corrected chi connectivity index (χ4v) is 3.55. The highest BCUT2D eigenvalue weighted by Crippen LogP contribution is 2.29. The number of ether oxygens (including phenoxy) is 1. The molecule has 25 heavy (non-hydrogen) atoms. The SMILES string of the molecule is CC(=O)N1CCc2cc(C(=O)NCC3Cc4ccccc4O3)ccc21. The second kappa shape index (κ2) is 6.24. The monoisotopic (exact) mass is 336 g/mol. The molecule has 0 fully saturated rings. The van der Waals surface area contributed by atoms with Gasteiger partial charge in [0.25, 0.3) is 5.91 Å². The highest BCUT2D eigenvalue weighted by molar-refractivity contribution is 5.97. The lowest BCUT2D eigenvalue weighted by molar-refractivity contribution is -0.116. The number of rotatable bonds is 3. The van der Waals surface area contributed by atoms with Gasteiger partial charge < -0.3 is 15.0 Å². The molecule has 128 valence electrons. The van der Waals surface area contributed by atoms with Gasteiger partial charge in [-0.25, -0.2) is 0 Å². The number of hydrogen-bond acceptors (Lipinski definition) is 3. The smallest absolute Gasteiger partial charge is 0.251 e. The van der Waals surface area contributed by atoms with Crippen molar-refractivity contribution in [2.24, 2.45) is 0 Å². The molecule has 1 unspecified atom stereocenters. The molecule has 0 spiro atoms. The maximum absolute atomic E-state index is 12.4. The molecule has 1 N–H and O–H groups in total. The van der Waals surface area contributed by atoms with Crippen LogP contribution < -0.4 is 15.0 Å². The van der Waals surface area contributed by atoms with Gasteiger partial charge in [0.05, 0.1) is 6.54 Å². The summed E-state index contributed by atoms with van der Waals surface area (Å²) in [5.41, 5.74) is 3.77. The minimum absolute atomic E-state index is 0.0241. The Kier molecular flexibility index (Phi) is 3.92. The largest absolute Gasteiger partial charge is 0.488 e. The van der Waals surface area contributed by atoms with Crippen molar-refractivity contribution >= 4 is 17.5 Å². The van der Waals surface area contributed by atoms with Crippen LogP contribution in [0.3, 0.4) is 0 Å². The summed E-state index contributed by atoms with van der Waals surface area (Å²) in [6.07, 6.45) is 1.58. The average Bonchev–Trinajstić information content (AvgIpc) is 3.22. The van der Waals surface area contributed by atoms with E-state index in [-0.39, 0.29) is 17.9 Å². The number of anilines is 1. The van der Waals surface area contributed by atoms with Crippen molar-refractivity contribution in [1.29, 1.82) is 0 Å². The predicted octanol–water partition coefficient (Wildman–Crippen LogP) is 2.33. The van der Waals surface area contributed by atoms with Crippen molar-refractivity contribution in [3.05, 3.63) is 59.2 Å². The maximum atomic E-state index is 12.4. The van der Waals surface area contributed by atoms with E-state index < -0.39 is 0 Å². The predicted molar refractivity (Wildman–Crippen MR) is 95.1 cm³/mol. The Morgan fingerprint density at radius 1 is 1.20 bits per heavy atom. The Labute approximate surface area is 146 Å². The molecular weight excluding hydrogens is 316 g/mol. The Morgan fingerprint density at radius 2 is 2.04 bits per heavy atom. The van der Waals surface area contributed by atoms with Gasteiger partial charge in [-0.05, 0) is 41.8 Å². The van der Waals surface area contributed by atoms with E-state index in [1.807, 2.05) is 30.3 Å². The summed E-state index contributed by atoms with van der Waals surface area (Å²) in [5.74, 6) is 0.834. The molecule has 0 radical (unpaired) electrons. The third-order valence-corrected chi connectivity index (χ3v) is 4.82. The molecule has 2 aromatic carbocycles. The highest BCUT2D eigenvalue weighted by Gasteiger charge is 2.25. The van der Waals surface area contributed by atoms with Crippen LogP contribution >= 0.6 is 0 Å². The van der Waals surface area contributed by atoms with Crippen molar-refractivity contribution in [3.63, 3.8) is 0 Å². The Bertz CT molecular complexity index is 822. The second-order valence-corrected chi connectivity index (χ2v) is 6.53. The lowest BCUT2D eigenvalue weighted by atomic mass is 10.1. The first kappa shape index (κ1) is 15.7. The van der Waals surface area contributed by atoms with Crippen LogP contribution in [0.2, 0.25) is 0 Å². The summed E-state index contributed by atoms with van der Waals surface area (Å²) < 4.78 is 5.85. The molecule has 5 heteroatoms. The lowest BCUT2D eigenvalue weighted by Crippen LogP contribution is -2.34. The molecule has 0 bridgehead atoms. The first-order chi connectivity index (χ1) is 12.1. The minimum Gasteiger partial charge on any atom is -0.488 e. The molecular formula is C20H20N2O3. The van der Waals surface area contributed by atoms with E-state index in [2.05, 4.69) is 11.4 Å². The molecule has 0 saturated carbocycles. The molecule has 2 aromatic rings. The standard InChI is InChI=1S/C20H20N2O3/c1-13(23)22-9-8-14-10-16(6-7-18(14)22)20(24)21-12-17-11-15-4-2-3-5-19(15)25-17/h2-7,10,17H,8-9,11-12H2,1H3,(H,21,24). The number of benzene rings is 2. The highest BCUT2D eigenvalue weighted by atomic mass is 16.5. The fraction of sp³-hybridized carbons (Fsp3) is 0.300. The summed E-state index contributed by atoms with van der Waals surface area (Å²) >= 11 is 0. The van der Waals surface area contributed by atoms with Crippen molar-refractivity contribution < 1.29 is 14.3 Å². The van der Waals surface area contributed by atoms with Gasteiger partial charge in [-0.15, -0.1) is 0 Å². The van der Waals surface area contributed by atoms with E-state index in [0.717, 1.165) is 29.8 Å². The molecule has 2 amide bonds. The van der Waals surface area contributed by atoms with Crippen LogP contribution in [0.5, 0.6) is 5.75 Å². The zero-order valence-electron chi connectivity index (χ0n) is 14.1. The van der Waals surface area contributed by atoms with E-state index in [1.54, 1.807) is 17.9 Å². The number of amides is 2. The van der Waals surface area contributed by atoms with Crippen LogP contribution in [-0.2, 0) is 17.6 Å². The van der Waals surface area contributed by atoms with Gasteiger partial charge in [-0.2, -0.15) is 0 Å². The van der Waals surface area contributed by atoms with E-state index in [0.29, 0.717) is 18.7 Å². The number of nitrogens with zero attached hydrogens (tertiary/aromatic N) is 1. The Balaban J connectivity index is 1.39. The lowest BCUT2D eigenvalue weighted by Gasteiger charge is -2.15. The van der Waals surface area contributed by atoms with Gasteiger partial charge in [0.1, 0.15) is 11.9 Å². The Morgan fingerprint density at radius 3 is 2.84 bits per heavy atom.